The van der Waals surface area contributed by atoms with Gasteiger partial charge in [0.1, 0.15) is 11.6 Å². The standard InChI is InChI=1S/C26H30F3N3O2S/c1-32-22(17-18-5-3-4-6-21(18)26(27,28)29)30-31-23(32)25-14-11-24(12-15-25,13-16-25)19-7-9-20(10-8-19)35(2,33)34/h4,6-10H,3,5,11-17H2,1-2H3. The predicted octanol–water partition coefficient (Wildman–Crippen LogP) is 5.51. The number of halogens is 3. The van der Waals surface area contributed by atoms with E-state index in [0.717, 1.165) is 44.3 Å². The molecular weight excluding hydrogens is 475 g/mol. The van der Waals surface area contributed by atoms with Crippen molar-refractivity contribution < 1.29 is 21.6 Å². The van der Waals surface area contributed by atoms with Crippen molar-refractivity contribution in [2.45, 2.75) is 79.7 Å². The van der Waals surface area contributed by atoms with Crippen LogP contribution in [0.5, 0.6) is 0 Å². The van der Waals surface area contributed by atoms with Crippen LogP contribution in [0.15, 0.2) is 52.5 Å². The normalized spacial score (nSPS) is 27.0. The molecule has 0 spiro atoms. The lowest BCUT2D eigenvalue weighted by Crippen LogP contribution is -2.47. The van der Waals surface area contributed by atoms with Crippen LogP contribution >= 0.6 is 0 Å². The van der Waals surface area contributed by atoms with Crippen molar-refractivity contribution >= 4 is 9.84 Å². The lowest BCUT2D eigenvalue weighted by molar-refractivity contribution is -0.0894. The van der Waals surface area contributed by atoms with Crippen molar-refractivity contribution in [1.29, 1.82) is 0 Å². The number of alkyl halides is 3. The quantitative estimate of drug-likeness (QED) is 0.537. The summed E-state index contributed by atoms with van der Waals surface area (Å²) in [5, 5.41) is 8.87. The fourth-order valence-corrected chi connectivity index (χ4v) is 7.00. The molecule has 2 aromatic rings. The van der Waals surface area contributed by atoms with Gasteiger partial charge in [-0.25, -0.2) is 8.42 Å². The fraction of sp³-hybridized carbons (Fsp3) is 0.538. The molecule has 9 heteroatoms. The summed E-state index contributed by atoms with van der Waals surface area (Å²) in [6.45, 7) is 0. The molecule has 5 nitrogen and oxygen atoms in total. The van der Waals surface area contributed by atoms with E-state index in [1.165, 1.54) is 17.9 Å². The molecule has 0 N–H and O–H groups in total. The van der Waals surface area contributed by atoms with Gasteiger partial charge in [-0.1, -0.05) is 29.9 Å². The Morgan fingerprint density at radius 1 is 0.971 bits per heavy atom. The SMILES string of the molecule is Cn1c(CC2=C(C(F)(F)F)C=CCC2)nnc1C12CCC(c3ccc(S(C)(=O)=O)cc3)(CC1)CC2. The lowest BCUT2D eigenvalue weighted by atomic mass is 9.51. The second-order valence-electron chi connectivity index (χ2n) is 10.5. The molecule has 0 radical (unpaired) electrons. The van der Waals surface area contributed by atoms with E-state index < -0.39 is 21.6 Å². The number of benzene rings is 1. The molecule has 188 valence electrons. The highest BCUT2D eigenvalue weighted by atomic mass is 32.2. The number of aromatic nitrogens is 3. The van der Waals surface area contributed by atoms with Crippen molar-refractivity contribution in [3.8, 4) is 0 Å². The Labute approximate surface area is 204 Å². The Hall–Kier alpha value is -2.42. The van der Waals surface area contributed by atoms with Crippen LogP contribution in [0.4, 0.5) is 13.2 Å². The molecule has 2 bridgehead atoms. The van der Waals surface area contributed by atoms with Gasteiger partial charge in [0.25, 0.3) is 0 Å². The van der Waals surface area contributed by atoms with Gasteiger partial charge in [-0.2, -0.15) is 13.2 Å². The van der Waals surface area contributed by atoms with Gasteiger partial charge in [0.2, 0.25) is 0 Å². The zero-order valence-electron chi connectivity index (χ0n) is 20.0. The average Bonchev–Trinajstić information content (AvgIpc) is 3.20. The first-order valence-electron chi connectivity index (χ1n) is 12.1. The minimum atomic E-state index is -4.36. The number of hydrogen-bond donors (Lipinski definition) is 0. The van der Waals surface area contributed by atoms with Crippen molar-refractivity contribution in [2.75, 3.05) is 6.26 Å². The van der Waals surface area contributed by atoms with Gasteiger partial charge in [-0.3, -0.25) is 0 Å². The highest BCUT2D eigenvalue weighted by molar-refractivity contribution is 7.90. The summed E-state index contributed by atoms with van der Waals surface area (Å²) in [6, 6.07) is 7.32. The molecule has 0 amide bonds. The number of rotatable bonds is 5. The van der Waals surface area contributed by atoms with E-state index in [1.807, 2.05) is 23.7 Å². The van der Waals surface area contributed by atoms with E-state index in [4.69, 9.17) is 0 Å². The summed E-state index contributed by atoms with van der Waals surface area (Å²) < 4.78 is 66.0. The first-order valence-corrected chi connectivity index (χ1v) is 14.0. The molecule has 1 aromatic heterocycles. The van der Waals surface area contributed by atoms with Gasteiger partial charge < -0.3 is 4.57 Å². The van der Waals surface area contributed by atoms with Crippen LogP contribution in [-0.2, 0) is 34.1 Å². The lowest BCUT2D eigenvalue weighted by Gasteiger charge is -2.53. The number of fused-ring (bicyclic) bond motifs is 3. The van der Waals surface area contributed by atoms with E-state index in [0.29, 0.717) is 29.1 Å². The first-order chi connectivity index (χ1) is 16.4. The summed E-state index contributed by atoms with van der Waals surface area (Å²) in [5.74, 6) is 1.47. The topological polar surface area (TPSA) is 64.8 Å². The number of hydrogen-bond acceptors (Lipinski definition) is 4. The maximum absolute atomic E-state index is 13.5. The smallest absolute Gasteiger partial charge is 0.317 e. The average molecular weight is 506 g/mol. The minimum absolute atomic E-state index is 0.0417. The maximum Gasteiger partial charge on any atom is 0.416 e. The molecule has 0 unspecified atom stereocenters. The molecule has 4 aliphatic rings. The third kappa shape index (κ3) is 4.26. The molecule has 1 heterocycles. The number of allylic oxidation sites excluding steroid dienone is 4. The van der Waals surface area contributed by atoms with Crippen LogP contribution in [0.25, 0.3) is 0 Å². The summed E-state index contributed by atoms with van der Waals surface area (Å²) in [5.41, 5.74) is 0.952. The van der Waals surface area contributed by atoms with E-state index in [9.17, 15) is 21.6 Å². The van der Waals surface area contributed by atoms with E-state index in [-0.39, 0.29) is 17.3 Å². The Balaban J connectivity index is 1.36. The maximum atomic E-state index is 13.5. The Bertz CT molecular complexity index is 1280. The Morgan fingerprint density at radius 2 is 1.57 bits per heavy atom. The molecule has 3 saturated carbocycles. The number of sulfone groups is 1. The summed E-state index contributed by atoms with van der Waals surface area (Å²) in [4.78, 5) is 0.336. The number of nitrogens with zero attached hydrogens (tertiary/aromatic N) is 3. The Morgan fingerprint density at radius 3 is 2.14 bits per heavy atom. The van der Waals surface area contributed by atoms with Crippen molar-refractivity contribution in [1.82, 2.24) is 14.8 Å². The second-order valence-corrected chi connectivity index (χ2v) is 12.5. The largest absolute Gasteiger partial charge is 0.416 e. The van der Waals surface area contributed by atoms with Crippen LogP contribution in [0, 0.1) is 0 Å². The fourth-order valence-electron chi connectivity index (χ4n) is 6.37. The molecule has 0 atom stereocenters. The van der Waals surface area contributed by atoms with E-state index >= 15 is 0 Å². The van der Waals surface area contributed by atoms with E-state index in [1.54, 1.807) is 18.2 Å². The van der Waals surface area contributed by atoms with Gasteiger partial charge in [0, 0.05) is 25.1 Å². The van der Waals surface area contributed by atoms with Crippen LogP contribution < -0.4 is 0 Å². The highest BCUT2D eigenvalue weighted by Crippen LogP contribution is 2.58. The van der Waals surface area contributed by atoms with Crippen LogP contribution in [0.1, 0.15) is 68.6 Å². The molecule has 3 fully saturated rings. The van der Waals surface area contributed by atoms with E-state index in [2.05, 4.69) is 10.2 Å². The van der Waals surface area contributed by atoms with Gasteiger partial charge in [0.05, 0.1) is 10.5 Å². The molecule has 6 rings (SSSR count). The van der Waals surface area contributed by atoms with Gasteiger partial charge >= 0.3 is 6.18 Å². The monoisotopic (exact) mass is 505 g/mol. The van der Waals surface area contributed by atoms with Crippen LogP contribution in [0.2, 0.25) is 0 Å². The van der Waals surface area contributed by atoms with Crippen molar-refractivity contribution in [3.05, 3.63) is 64.8 Å². The second kappa shape index (κ2) is 8.32. The van der Waals surface area contributed by atoms with Crippen molar-refractivity contribution in [2.24, 2.45) is 7.05 Å². The molecule has 0 saturated heterocycles. The summed E-state index contributed by atoms with van der Waals surface area (Å²) >= 11 is 0. The van der Waals surface area contributed by atoms with Crippen LogP contribution in [0.3, 0.4) is 0 Å². The summed E-state index contributed by atoms with van der Waals surface area (Å²) in [7, 11) is -1.34. The molecule has 4 aliphatic carbocycles. The molecule has 0 aliphatic heterocycles. The summed E-state index contributed by atoms with van der Waals surface area (Å²) in [6.07, 6.45) is 6.52. The van der Waals surface area contributed by atoms with Gasteiger partial charge in [0.15, 0.2) is 9.84 Å². The first kappa shape index (κ1) is 24.3. The predicted molar refractivity (Wildman–Crippen MR) is 127 cm³/mol. The van der Waals surface area contributed by atoms with Gasteiger partial charge in [-0.15, -0.1) is 10.2 Å². The zero-order chi connectivity index (χ0) is 25.1. The Kier molecular flexibility index (Phi) is 5.77. The van der Waals surface area contributed by atoms with Crippen LogP contribution in [-0.4, -0.2) is 35.6 Å². The highest BCUT2D eigenvalue weighted by Gasteiger charge is 2.52. The zero-order valence-corrected chi connectivity index (χ0v) is 20.8. The molecule has 35 heavy (non-hydrogen) atoms. The van der Waals surface area contributed by atoms with Gasteiger partial charge in [-0.05, 0) is 74.5 Å². The third-order valence-corrected chi connectivity index (χ3v) is 9.66. The molecule has 1 aromatic carbocycles. The van der Waals surface area contributed by atoms with Crippen molar-refractivity contribution in [3.63, 3.8) is 0 Å². The minimum Gasteiger partial charge on any atom is -0.317 e. The molecular formula is C26H30F3N3O2S. The third-order valence-electron chi connectivity index (χ3n) is 8.54.